The highest BCUT2D eigenvalue weighted by Gasteiger charge is 2.51. The molecule has 0 bridgehead atoms. The third-order valence-corrected chi connectivity index (χ3v) is 11.4. The van der Waals surface area contributed by atoms with Crippen LogP contribution in [0.4, 0.5) is 0 Å². The number of unbranched alkanes of at least 4 members (excludes halogenated alkanes) is 19. The van der Waals surface area contributed by atoms with Crippen molar-refractivity contribution in [1.82, 2.24) is 0 Å². The molecular weight excluding hydrogens is 779 g/mol. The monoisotopic (exact) mass is 861 g/mol. The zero-order valence-electron chi connectivity index (χ0n) is 36.3. The normalized spacial score (nSPS) is 22.6. The number of rotatable bonds is 37. The van der Waals surface area contributed by atoms with Crippen LogP contribution in [-0.2, 0) is 32.7 Å². The Hall–Kier alpha value is -1.93. The summed E-state index contributed by atoms with van der Waals surface area (Å²) in [6, 6.07) is 0. The molecule has 13 nitrogen and oxygen atoms in total. The number of esters is 2. The lowest BCUT2D eigenvalue weighted by molar-refractivity contribution is -0.220. The summed E-state index contributed by atoms with van der Waals surface area (Å²) in [5, 5.41) is 50.1. The Morgan fingerprint density at radius 2 is 0.915 bits per heavy atom. The van der Waals surface area contributed by atoms with Crippen molar-refractivity contribution in [3.05, 3.63) is 36.5 Å². The summed E-state index contributed by atoms with van der Waals surface area (Å²) in [6.45, 7) is 3.24. The molecule has 14 heteroatoms. The number of hydrogen-bond acceptors (Lipinski definition) is 12. The minimum absolute atomic E-state index is 0.0747. The molecule has 0 aromatic carbocycles. The number of aliphatic hydroxyl groups is 5. The van der Waals surface area contributed by atoms with Crippen molar-refractivity contribution in [3.63, 3.8) is 0 Å². The van der Waals surface area contributed by atoms with Gasteiger partial charge in [0.05, 0.1) is 6.61 Å². The fraction of sp³-hybridized carbons (Fsp3) is 0.822. The van der Waals surface area contributed by atoms with E-state index in [9.17, 15) is 44.6 Å². The van der Waals surface area contributed by atoms with E-state index in [2.05, 4.69) is 50.3 Å². The van der Waals surface area contributed by atoms with Crippen LogP contribution in [0, 0.1) is 0 Å². The first-order valence-corrected chi connectivity index (χ1v) is 24.3. The van der Waals surface area contributed by atoms with E-state index in [1.165, 1.54) is 70.6 Å². The summed E-state index contributed by atoms with van der Waals surface area (Å²) in [7, 11) is -5.12. The molecule has 1 rings (SSSR count). The molecule has 1 saturated carbocycles. The van der Waals surface area contributed by atoms with Crippen molar-refractivity contribution < 1.29 is 63.1 Å². The highest BCUT2D eigenvalue weighted by Crippen LogP contribution is 2.47. The Morgan fingerprint density at radius 3 is 1.44 bits per heavy atom. The maximum atomic E-state index is 12.8. The summed E-state index contributed by atoms with van der Waals surface area (Å²) < 4.78 is 33.5. The molecule has 0 aromatic heterocycles. The topological polar surface area (TPSA) is 210 Å². The van der Waals surface area contributed by atoms with E-state index >= 15 is 0 Å². The second-order valence-electron chi connectivity index (χ2n) is 15.9. The average Bonchev–Trinajstić information content (AvgIpc) is 3.21. The SMILES string of the molecule is CCCCC/C=C/C/C=C/CCCCCCCCCC(=O)OC[C@@H](COP(=O)(O)OC1C(O)C(O)C(O)[C@H](O)C1O)OC(=O)CCCCC/C=C/CCCCCCCC. The predicted octanol–water partition coefficient (Wildman–Crippen LogP) is 8.61. The van der Waals surface area contributed by atoms with Gasteiger partial charge in [0.25, 0.3) is 0 Å². The number of carbonyl (C=O) groups is 2. The zero-order chi connectivity index (χ0) is 43.6. The van der Waals surface area contributed by atoms with Crippen LogP contribution < -0.4 is 0 Å². The molecule has 0 aromatic rings. The number of phosphoric ester groups is 1. The van der Waals surface area contributed by atoms with Crippen molar-refractivity contribution in [2.75, 3.05) is 13.2 Å². The van der Waals surface area contributed by atoms with Gasteiger partial charge in [-0.25, -0.2) is 4.57 Å². The smallest absolute Gasteiger partial charge is 0.462 e. The van der Waals surface area contributed by atoms with E-state index in [1.807, 2.05) is 0 Å². The van der Waals surface area contributed by atoms with Crippen LogP contribution in [0.25, 0.3) is 0 Å². The van der Waals surface area contributed by atoms with Crippen LogP contribution in [0.5, 0.6) is 0 Å². The van der Waals surface area contributed by atoms with Crippen LogP contribution >= 0.6 is 7.82 Å². The number of allylic oxidation sites excluding steroid dienone is 6. The highest BCUT2D eigenvalue weighted by molar-refractivity contribution is 7.47. The Labute approximate surface area is 355 Å². The molecule has 59 heavy (non-hydrogen) atoms. The van der Waals surface area contributed by atoms with Gasteiger partial charge < -0.3 is 39.9 Å². The van der Waals surface area contributed by atoms with Crippen LogP contribution in [0.15, 0.2) is 36.5 Å². The van der Waals surface area contributed by atoms with Gasteiger partial charge in [0.1, 0.15) is 43.2 Å². The van der Waals surface area contributed by atoms with Gasteiger partial charge >= 0.3 is 19.8 Å². The standard InChI is InChI=1S/C45H81O13P/c1-3-5-7-9-11-13-15-17-18-19-20-22-23-25-27-29-31-33-38(46)55-35-37(36-56-59(53,54)58-45-43(51)41(49)40(48)42(50)44(45)52)57-39(47)34-32-30-28-26-24-21-16-14-12-10-8-6-4-2/h11,13,17-18,21,24,37,40-45,48-52H,3-10,12,14-16,19-20,22-23,25-36H2,1-2H3,(H,53,54)/b13-11+,18-17+,24-21+/t37-,40?,41-,42?,43?,44?,45?/m0/s1. The Balaban J connectivity index is 2.47. The lowest BCUT2D eigenvalue weighted by atomic mass is 9.85. The lowest BCUT2D eigenvalue weighted by Crippen LogP contribution is -2.64. The molecule has 1 fully saturated rings. The first kappa shape index (κ1) is 55.1. The van der Waals surface area contributed by atoms with E-state index in [1.54, 1.807) is 0 Å². The van der Waals surface area contributed by atoms with Gasteiger partial charge in [-0.15, -0.1) is 0 Å². The molecule has 0 heterocycles. The maximum absolute atomic E-state index is 12.8. The molecule has 0 amide bonds. The summed E-state index contributed by atoms with van der Waals surface area (Å²) in [5.41, 5.74) is 0. The van der Waals surface area contributed by atoms with Crippen molar-refractivity contribution in [1.29, 1.82) is 0 Å². The average molecular weight is 861 g/mol. The van der Waals surface area contributed by atoms with Gasteiger partial charge in [-0.05, 0) is 70.6 Å². The lowest BCUT2D eigenvalue weighted by Gasteiger charge is -2.41. The van der Waals surface area contributed by atoms with Crippen molar-refractivity contribution >= 4 is 19.8 Å². The van der Waals surface area contributed by atoms with Crippen molar-refractivity contribution in [3.8, 4) is 0 Å². The third kappa shape index (κ3) is 28.3. The summed E-state index contributed by atoms with van der Waals surface area (Å²) in [6.07, 6.45) is 26.3. The molecule has 0 aliphatic heterocycles. The van der Waals surface area contributed by atoms with Crippen LogP contribution in [0.2, 0.25) is 0 Å². The predicted molar refractivity (Wildman–Crippen MR) is 230 cm³/mol. The molecule has 1 aliphatic rings. The Morgan fingerprint density at radius 1 is 0.525 bits per heavy atom. The number of hydrogen-bond donors (Lipinski definition) is 6. The van der Waals surface area contributed by atoms with Crippen LogP contribution in [-0.4, -0.2) is 98.3 Å². The fourth-order valence-electron chi connectivity index (χ4n) is 6.72. The quantitative estimate of drug-likeness (QED) is 0.0150. The minimum atomic E-state index is -5.12. The number of phosphoric acid groups is 1. The number of aliphatic hydroxyl groups excluding tert-OH is 5. The number of ether oxygens (including phenoxy) is 2. The van der Waals surface area contributed by atoms with Gasteiger partial charge in [-0.2, -0.15) is 0 Å². The van der Waals surface area contributed by atoms with E-state index in [4.69, 9.17) is 18.5 Å². The second kappa shape index (κ2) is 35.6. The van der Waals surface area contributed by atoms with Gasteiger partial charge in [0.2, 0.25) is 0 Å². The van der Waals surface area contributed by atoms with Crippen LogP contribution in [0.3, 0.4) is 0 Å². The van der Waals surface area contributed by atoms with E-state index in [0.717, 1.165) is 70.6 Å². The van der Waals surface area contributed by atoms with Gasteiger partial charge in [0, 0.05) is 12.8 Å². The molecule has 6 unspecified atom stereocenters. The minimum Gasteiger partial charge on any atom is -0.462 e. The van der Waals surface area contributed by atoms with Gasteiger partial charge in [-0.1, -0.05) is 134 Å². The maximum Gasteiger partial charge on any atom is 0.472 e. The molecule has 8 atom stereocenters. The third-order valence-electron chi connectivity index (χ3n) is 10.5. The van der Waals surface area contributed by atoms with Crippen molar-refractivity contribution in [2.24, 2.45) is 0 Å². The summed E-state index contributed by atoms with van der Waals surface area (Å²) in [4.78, 5) is 35.6. The number of carbonyl (C=O) groups excluding carboxylic acids is 2. The molecule has 0 saturated heterocycles. The molecule has 0 radical (unpaired) electrons. The molecular formula is C45H81O13P. The fourth-order valence-corrected chi connectivity index (χ4v) is 7.70. The van der Waals surface area contributed by atoms with Crippen molar-refractivity contribution in [2.45, 2.75) is 224 Å². The summed E-state index contributed by atoms with van der Waals surface area (Å²) >= 11 is 0. The zero-order valence-corrected chi connectivity index (χ0v) is 37.2. The van der Waals surface area contributed by atoms with E-state index < -0.39 is 75.7 Å². The van der Waals surface area contributed by atoms with Crippen LogP contribution in [0.1, 0.15) is 181 Å². The highest BCUT2D eigenvalue weighted by atomic mass is 31.2. The van der Waals surface area contributed by atoms with Gasteiger partial charge in [-0.3, -0.25) is 18.6 Å². The Kier molecular flexibility index (Phi) is 33.3. The first-order valence-electron chi connectivity index (χ1n) is 22.8. The first-order chi connectivity index (χ1) is 28.4. The second-order valence-corrected chi connectivity index (χ2v) is 17.3. The summed E-state index contributed by atoms with van der Waals surface area (Å²) in [5.74, 6) is -1.13. The largest absolute Gasteiger partial charge is 0.472 e. The molecule has 0 spiro atoms. The Bertz CT molecular complexity index is 1180. The van der Waals surface area contributed by atoms with E-state index in [0.29, 0.717) is 12.8 Å². The van der Waals surface area contributed by atoms with E-state index in [-0.39, 0.29) is 12.8 Å². The van der Waals surface area contributed by atoms with Gasteiger partial charge in [0.15, 0.2) is 6.10 Å². The molecule has 6 N–H and O–H groups in total. The molecule has 344 valence electrons. The molecule has 1 aliphatic carbocycles.